The number of H-pyrrole nitrogens is 1. The minimum Gasteiger partial charge on any atom is -0.300 e. The average Bonchev–Trinajstić information content (AvgIpc) is 2.59. The van der Waals surface area contributed by atoms with Gasteiger partial charge in [0, 0.05) is 18.2 Å². The van der Waals surface area contributed by atoms with E-state index in [1.54, 1.807) is 0 Å². The standard InChI is InChI=1S/C13H14N2O2/c1-9-5-3-4-6-12(9)15-13(17)8-11(14-15)7-10(2)16/h3-6,8,14H,7H2,1-2H3. The zero-order valence-corrected chi connectivity index (χ0v) is 9.86. The fourth-order valence-electron chi connectivity index (χ4n) is 1.80. The van der Waals surface area contributed by atoms with Gasteiger partial charge < -0.3 is 0 Å². The molecular formula is C13H14N2O2. The number of rotatable bonds is 3. The van der Waals surface area contributed by atoms with Crippen LogP contribution in [0, 0.1) is 6.92 Å². The number of benzene rings is 1. The van der Waals surface area contributed by atoms with E-state index in [1.165, 1.54) is 17.7 Å². The molecule has 1 heterocycles. The first-order valence-corrected chi connectivity index (χ1v) is 5.44. The van der Waals surface area contributed by atoms with Crippen LogP contribution in [-0.4, -0.2) is 15.6 Å². The van der Waals surface area contributed by atoms with Gasteiger partial charge in [0.15, 0.2) is 0 Å². The van der Waals surface area contributed by atoms with Gasteiger partial charge in [0.05, 0.1) is 5.69 Å². The summed E-state index contributed by atoms with van der Waals surface area (Å²) in [6.45, 7) is 3.44. The van der Waals surface area contributed by atoms with E-state index in [-0.39, 0.29) is 17.8 Å². The minimum absolute atomic E-state index is 0.0307. The summed E-state index contributed by atoms with van der Waals surface area (Å²) in [7, 11) is 0. The monoisotopic (exact) mass is 230 g/mol. The highest BCUT2D eigenvalue weighted by atomic mass is 16.1. The first-order chi connectivity index (χ1) is 8.08. The number of aromatic amines is 1. The van der Waals surface area contributed by atoms with Crippen LogP contribution >= 0.6 is 0 Å². The highest BCUT2D eigenvalue weighted by Crippen LogP contribution is 2.10. The van der Waals surface area contributed by atoms with Crippen LogP contribution in [0.3, 0.4) is 0 Å². The summed E-state index contributed by atoms with van der Waals surface area (Å²) >= 11 is 0. The van der Waals surface area contributed by atoms with Gasteiger partial charge in [-0.25, -0.2) is 4.68 Å². The van der Waals surface area contributed by atoms with Crippen molar-refractivity contribution in [3.05, 3.63) is 51.9 Å². The number of nitrogens with zero attached hydrogens (tertiary/aromatic N) is 1. The number of carbonyl (C=O) groups excluding carboxylic acids is 1. The molecule has 4 nitrogen and oxygen atoms in total. The Kier molecular flexibility index (Phi) is 2.95. The van der Waals surface area contributed by atoms with E-state index in [0.717, 1.165) is 11.3 Å². The van der Waals surface area contributed by atoms with Crippen LogP contribution in [0.1, 0.15) is 18.2 Å². The second-order valence-electron chi connectivity index (χ2n) is 4.12. The van der Waals surface area contributed by atoms with Crippen molar-refractivity contribution in [2.24, 2.45) is 0 Å². The summed E-state index contributed by atoms with van der Waals surface area (Å²) in [5, 5.41) is 2.95. The molecule has 1 N–H and O–H groups in total. The molecule has 0 amide bonds. The predicted octanol–water partition coefficient (Wildman–Crippen LogP) is 1.61. The maximum absolute atomic E-state index is 11.8. The minimum atomic E-state index is -0.143. The SMILES string of the molecule is CC(=O)Cc1cc(=O)n(-c2ccccc2C)[nH]1. The molecule has 0 bridgehead atoms. The van der Waals surface area contributed by atoms with Gasteiger partial charge in [-0.1, -0.05) is 18.2 Å². The fraction of sp³-hybridized carbons (Fsp3) is 0.231. The molecule has 0 saturated carbocycles. The lowest BCUT2D eigenvalue weighted by atomic mass is 10.2. The molecule has 0 spiro atoms. The van der Waals surface area contributed by atoms with Crippen molar-refractivity contribution in [3.63, 3.8) is 0 Å². The summed E-state index contributed by atoms with van der Waals surface area (Å²) in [5.74, 6) is 0.0307. The maximum Gasteiger partial charge on any atom is 0.271 e. The van der Waals surface area contributed by atoms with Gasteiger partial charge in [0.1, 0.15) is 5.78 Å². The van der Waals surface area contributed by atoms with Crippen LogP contribution in [0.15, 0.2) is 35.1 Å². The Morgan fingerprint density at radius 3 is 2.71 bits per heavy atom. The Morgan fingerprint density at radius 1 is 1.35 bits per heavy atom. The average molecular weight is 230 g/mol. The van der Waals surface area contributed by atoms with Crippen LogP contribution in [0.25, 0.3) is 5.69 Å². The van der Waals surface area contributed by atoms with Gasteiger partial charge in [-0.15, -0.1) is 0 Å². The van der Waals surface area contributed by atoms with Gasteiger partial charge >= 0.3 is 0 Å². The summed E-state index contributed by atoms with van der Waals surface area (Å²) in [4.78, 5) is 22.8. The van der Waals surface area contributed by atoms with Crippen molar-refractivity contribution in [2.75, 3.05) is 0 Å². The molecule has 2 aromatic rings. The number of aromatic nitrogens is 2. The number of ketones is 1. The molecule has 1 aromatic heterocycles. The van der Waals surface area contributed by atoms with Crippen molar-refractivity contribution in [3.8, 4) is 5.69 Å². The normalized spacial score (nSPS) is 10.5. The van der Waals surface area contributed by atoms with Crippen molar-refractivity contribution < 1.29 is 4.79 Å². The Bertz CT molecular complexity index is 608. The van der Waals surface area contributed by atoms with Crippen molar-refractivity contribution in [2.45, 2.75) is 20.3 Å². The first kappa shape index (κ1) is 11.4. The number of para-hydroxylation sites is 1. The van der Waals surface area contributed by atoms with Crippen LogP contribution in [0.4, 0.5) is 0 Å². The fourth-order valence-corrected chi connectivity index (χ4v) is 1.80. The molecule has 0 atom stereocenters. The van der Waals surface area contributed by atoms with E-state index in [2.05, 4.69) is 5.10 Å². The van der Waals surface area contributed by atoms with E-state index in [9.17, 15) is 9.59 Å². The lowest BCUT2D eigenvalue weighted by molar-refractivity contribution is -0.116. The zero-order chi connectivity index (χ0) is 12.4. The molecule has 0 aliphatic carbocycles. The van der Waals surface area contributed by atoms with Crippen LogP contribution in [0.2, 0.25) is 0 Å². The van der Waals surface area contributed by atoms with Gasteiger partial charge in [-0.05, 0) is 25.5 Å². The van der Waals surface area contributed by atoms with Crippen molar-refractivity contribution >= 4 is 5.78 Å². The van der Waals surface area contributed by atoms with Gasteiger partial charge in [-0.2, -0.15) is 0 Å². The Labute approximate surface area is 98.9 Å². The molecule has 17 heavy (non-hydrogen) atoms. The van der Waals surface area contributed by atoms with Crippen LogP contribution in [0.5, 0.6) is 0 Å². The number of carbonyl (C=O) groups is 1. The van der Waals surface area contributed by atoms with E-state index in [1.807, 2.05) is 31.2 Å². The van der Waals surface area contributed by atoms with Crippen molar-refractivity contribution in [1.82, 2.24) is 9.78 Å². The molecule has 0 unspecified atom stereocenters. The maximum atomic E-state index is 11.8. The van der Waals surface area contributed by atoms with Crippen molar-refractivity contribution in [1.29, 1.82) is 0 Å². The second kappa shape index (κ2) is 4.41. The Balaban J connectivity index is 2.47. The number of Topliss-reactive ketones (excluding diaryl/α,β-unsaturated/α-hetero) is 1. The molecule has 0 saturated heterocycles. The van der Waals surface area contributed by atoms with E-state index < -0.39 is 0 Å². The largest absolute Gasteiger partial charge is 0.300 e. The van der Waals surface area contributed by atoms with E-state index >= 15 is 0 Å². The Hall–Kier alpha value is -2.10. The van der Waals surface area contributed by atoms with E-state index in [4.69, 9.17) is 0 Å². The number of nitrogens with one attached hydrogen (secondary N) is 1. The highest BCUT2D eigenvalue weighted by Gasteiger charge is 2.08. The predicted molar refractivity (Wildman–Crippen MR) is 65.5 cm³/mol. The third kappa shape index (κ3) is 2.36. The van der Waals surface area contributed by atoms with Gasteiger partial charge in [0.2, 0.25) is 0 Å². The third-order valence-electron chi connectivity index (χ3n) is 2.57. The second-order valence-corrected chi connectivity index (χ2v) is 4.12. The zero-order valence-electron chi connectivity index (χ0n) is 9.86. The molecule has 88 valence electrons. The molecule has 0 aliphatic rings. The lowest BCUT2D eigenvalue weighted by Crippen LogP contribution is -2.14. The summed E-state index contributed by atoms with van der Waals surface area (Å²) in [6.07, 6.45) is 0.258. The summed E-state index contributed by atoms with van der Waals surface area (Å²) in [6, 6.07) is 9.06. The number of hydrogen-bond donors (Lipinski definition) is 1. The smallest absolute Gasteiger partial charge is 0.271 e. The third-order valence-corrected chi connectivity index (χ3v) is 2.57. The number of aryl methyl sites for hydroxylation is 1. The summed E-state index contributed by atoms with van der Waals surface area (Å²) in [5.41, 5.74) is 2.32. The molecule has 0 fully saturated rings. The molecule has 0 aliphatic heterocycles. The molecule has 0 radical (unpaired) electrons. The van der Waals surface area contributed by atoms with Gasteiger partial charge in [-0.3, -0.25) is 14.7 Å². The summed E-state index contributed by atoms with van der Waals surface area (Å²) < 4.78 is 1.47. The molecule has 1 aromatic carbocycles. The molecular weight excluding hydrogens is 216 g/mol. The first-order valence-electron chi connectivity index (χ1n) is 5.44. The highest BCUT2D eigenvalue weighted by molar-refractivity contribution is 5.77. The number of hydrogen-bond acceptors (Lipinski definition) is 2. The quantitative estimate of drug-likeness (QED) is 0.870. The lowest BCUT2D eigenvalue weighted by Gasteiger charge is -2.05. The van der Waals surface area contributed by atoms with Gasteiger partial charge in [0.25, 0.3) is 5.56 Å². The van der Waals surface area contributed by atoms with E-state index in [0.29, 0.717) is 5.69 Å². The van der Waals surface area contributed by atoms with Crippen LogP contribution in [-0.2, 0) is 11.2 Å². The Morgan fingerprint density at radius 2 is 2.06 bits per heavy atom. The van der Waals surface area contributed by atoms with Crippen LogP contribution < -0.4 is 5.56 Å². The molecule has 2 rings (SSSR count). The topological polar surface area (TPSA) is 54.9 Å². The molecule has 4 heteroatoms.